The minimum atomic E-state index is -0.0973. The van der Waals surface area contributed by atoms with Gasteiger partial charge in [-0.3, -0.25) is 9.78 Å². The second-order valence-corrected chi connectivity index (χ2v) is 7.81. The van der Waals surface area contributed by atoms with E-state index < -0.39 is 0 Å². The Balaban J connectivity index is 1.50. The van der Waals surface area contributed by atoms with Gasteiger partial charge in [0.2, 0.25) is 0 Å². The number of benzene rings is 1. The number of rotatable bonds is 5. The number of amides is 1. The van der Waals surface area contributed by atoms with Gasteiger partial charge in [-0.25, -0.2) is 4.98 Å². The SMILES string of the molecule is CSc1cc(C(=O)NCc2cc(-c3cnc4c(ccn4C)c3)ccn2)ccc1C. The molecule has 3 heterocycles. The van der Waals surface area contributed by atoms with Crippen LogP contribution in [0.25, 0.3) is 22.2 Å². The van der Waals surface area contributed by atoms with Gasteiger partial charge in [-0.05, 0) is 60.7 Å². The number of aryl methyl sites for hydroxylation is 2. The Morgan fingerprint density at radius 1 is 1.10 bits per heavy atom. The molecule has 6 heteroatoms. The summed E-state index contributed by atoms with van der Waals surface area (Å²) in [6, 6.07) is 13.9. The maximum atomic E-state index is 12.5. The highest BCUT2D eigenvalue weighted by atomic mass is 32.2. The van der Waals surface area contributed by atoms with Crippen LogP contribution in [0.4, 0.5) is 0 Å². The van der Waals surface area contributed by atoms with Crippen LogP contribution in [0.2, 0.25) is 0 Å². The number of aromatic nitrogens is 3. The molecule has 0 aliphatic rings. The van der Waals surface area contributed by atoms with E-state index in [0.717, 1.165) is 32.7 Å². The minimum absolute atomic E-state index is 0.0973. The highest BCUT2D eigenvalue weighted by Crippen LogP contribution is 2.24. The lowest BCUT2D eigenvalue weighted by Crippen LogP contribution is -2.23. The summed E-state index contributed by atoms with van der Waals surface area (Å²) in [6.45, 7) is 2.42. The van der Waals surface area contributed by atoms with Gasteiger partial charge in [0.15, 0.2) is 0 Å². The van der Waals surface area contributed by atoms with Crippen LogP contribution in [-0.4, -0.2) is 26.7 Å². The topological polar surface area (TPSA) is 59.8 Å². The lowest BCUT2D eigenvalue weighted by Gasteiger charge is -2.09. The summed E-state index contributed by atoms with van der Waals surface area (Å²) in [5, 5.41) is 4.07. The van der Waals surface area contributed by atoms with Gasteiger partial charge >= 0.3 is 0 Å². The second kappa shape index (κ2) is 8.09. The molecule has 5 nitrogen and oxygen atoms in total. The lowest BCUT2D eigenvalue weighted by molar-refractivity contribution is 0.0950. The van der Waals surface area contributed by atoms with E-state index in [-0.39, 0.29) is 5.91 Å². The van der Waals surface area contributed by atoms with Crippen LogP contribution in [0, 0.1) is 6.92 Å². The van der Waals surface area contributed by atoms with Gasteiger partial charge in [-0.2, -0.15) is 0 Å². The molecule has 4 aromatic rings. The maximum Gasteiger partial charge on any atom is 0.251 e. The molecular weight excluding hydrogens is 380 g/mol. The van der Waals surface area contributed by atoms with E-state index in [1.165, 1.54) is 5.56 Å². The first-order valence-corrected chi connectivity index (χ1v) is 10.6. The quantitative estimate of drug-likeness (QED) is 0.496. The number of carbonyl (C=O) groups excluding carboxylic acids is 1. The number of thioether (sulfide) groups is 1. The summed E-state index contributed by atoms with van der Waals surface area (Å²) in [5.41, 5.74) is 5.66. The summed E-state index contributed by atoms with van der Waals surface area (Å²) in [5.74, 6) is -0.0973. The van der Waals surface area contributed by atoms with Crippen molar-refractivity contribution in [2.24, 2.45) is 7.05 Å². The maximum absolute atomic E-state index is 12.5. The zero-order chi connectivity index (χ0) is 20.4. The second-order valence-electron chi connectivity index (χ2n) is 6.97. The van der Waals surface area contributed by atoms with Gasteiger partial charge in [0, 0.05) is 47.0 Å². The van der Waals surface area contributed by atoms with Gasteiger partial charge in [-0.15, -0.1) is 11.8 Å². The zero-order valence-electron chi connectivity index (χ0n) is 16.6. The fraction of sp³-hybridized carbons (Fsp3) is 0.174. The first-order chi connectivity index (χ1) is 14.0. The van der Waals surface area contributed by atoms with Crippen molar-refractivity contribution in [2.75, 3.05) is 6.26 Å². The summed E-state index contributed by atoms with van der Waals surface area (Å²) in [4.78, 5) is 22.6. The third kappa shape index (κ3) is 4.03. The van der Waals surface area contributed by atoms with Crippen molar-refractivity contribution in [1.29, 1.82) is 0 Å². The molecule has 3 aromatic heterocycles. The molecule has 1 amide bonds. The molecule has 0 saturated heterocycles. The van der Waals surface area contributed by atoms with Crippen LogP contribution in [0.1, 0.15) is 21.6 Å². The Hall–Kier alpha value is -3.12. The molecule has 0 unspecified atom stereocenters. The first-order valence-electron chi connectivity index (χ1n) is 9.34. The number of carbonyl (C=O) groups is 1. The molecule has 1 N–H and O–H groups in total. The Bertz CT molecular complexity index is 1200. The molecule has 0 aliphatic heterocycles. The lowest BCUT2D eigenvalue weighted by atomic mass is 10.1. The van der Waals surface area contributed by atoms with Crippen molar-refractivity contribution in [1.82, 2.24) is 19.9 Å². The van der Waals surface area contributed by atoms with Gasteiger partial charge < -0.3 is 9.88 Å². The number of nitrogens with zero attached hydrogens (tertiary/aromatic N) is 3. The van der Waals surface area contributed by atoms with Crippen LogP contribution in [0.3, 0.4) is 0 Å². The number of fused-ring (bicyclic) bond motifs is 1. The van der Waals surface area contributed by atoms with E-state index in [0.29, 0.717) is 12.1 Å². The Kier molecular flexibility index (Phi) is 5.36. The van der Waals surface area contributed by atoms with Gasteiger partial charge in [-0.1, -0.05) is 6.07 Å². The van der Waals surface area contributed by atoms with Gasteiger partial charge in [0.25, 0.3) is 5.91 Å². The minimum Gasteiger partial charge on any atom is -0.346 e. The molecule has 0 fully saturated rings. The summed E-state index contributed by atoms with van der Waals surface area (Å²) >= 11 is 1.64. The Morgan fingerprint density at radius 2 is 1.97 bits per heavy atom. The molecule has 0 atom stereocenters. The predicted molar refractivity (Wildman–Crippen MR) is 118 cm³/mol. The smallest absolute Gasteiger partial charge is 0.251 e. The molecule has 0 spiro atoms. The molecule has 1 aromatic carbocycles. The highest BCUT2D eigenvalue weighted by molar-refractivity contribution is 7.98. The van der Waals surface area contributed by atoms with Crippen molar-refractivity contribution in [3.05, 3.63) is 77.9 Å². The average Bonchev–Trinajstić information content (AvgIpc) is 3.12. The largest absolute Gasteiger partial charge is 0.346 e. The molecule has 29 heavy (non-hydrogen) atoms. The molecule has 4 rings (SSSR count). The molecule has 146 valence electrons. The predicted octanol–water partition coefficient (Wildman–Crippen LogP) is 4.60. The van der Waals surface area contributed by atoms with E-state index in [4.69, 9.17) is 0 Å². The van der Waals surface area contributed by atoms with Crippen LogP contribution in [0.15, 0.2) is 66.0 Å². The molecule has 0 bridgehead atoms. The monoisotopic (exact) mass is 402 g/mol. The molecule has 0 saturated carbocycles. The van der Waals surface area contributed by atoms with Gasteiger partial charge in [0.1, 0.15) is 5.65 Å². The number of hydrogen-bond acceptors (Lipinski definition) is 4. The zero-order valence-corrected chi connectivity index (χ0v) is 17.5. The van der Waals surface area contributed by atoms with E-state index in [1.54, 1.807) is 18.0 Å². The molecule has 0 radical (unpaired) electrons. The molecule has 0 aliphatic carbocycles. The van der Waals surface area contributed by atoms with Crippen molar-refractivity contribution < 1.29 is 4.79 Å². The van der Waals surface area contributed by atoms with E-state index in [2.05, 4.69) is 27.4 Å². The number of hydrogen-bond donors (Lipinski definition) is 1. The number of nitrogens with one attached hydrogen (secondary N) is 1. The first kappa shape index (κ1) is 19.2. The fourth-order valence-electron chi connectivity index (χ4n) is 3.30. The third-order valence-electron chi connectivity index (χ3n) is 4.96. The Labute approximate surface area is 174 Å². The van der Waals surface area contributed by atoms with E-state index >= 15 is 0 Å². The third-order valence-corrected chi connectivity index (χ3v) is 5.84. The number of pyridine rings is 2. The van der Waals surface area contributed by atoms with Crippen LogP contribution >= 0.6 is 11.8 Å². The summed E-state index contributed by atoms with van der Waals surface area (Å²) < 4.78 is 2.00. The van der Waals surface area contributed by atoms with Crippen LogP contribution in [-0.2, 0) is 13.6 Å². The van der Waals surface area contributed by atoms with Crippen molar-refractivity contribution >= 4 is 28.7 Å². The fourth-order valence-corrected chi connectivity index (χ4v) is 3.94. The normalized spacial score (nSPS) is 11.0. The van der Waals surface area contributed by atoms with Crippen molar-refractivity contribution in [2.45, 2.75) is 18.4 Å². The van der Waals surface area contributed by atoms with Crippen molar-refractivity contribution in [3.8, 4) is 11.1 Å². The van der Waals surface area contributed by atoms with Crippen molar-refractivity contribution in [3.63, 3.8) is 0 Å². The standard InChI is InChI=1S/C23H22N4OS/c1-15-4-5-18(12-21(15)29-3)23(28)26-14-20-11-16(6-8-24-20)19-10-17-7-9-27(2)22(17)25-13-19/h4-13H,14H2,1-3H3,(H,26,28). The van der Waals surface area contributed by atoms with Crippen LogP contribution < -0.4 is 5.32 Å². The highest BCUT2D eigenvalue weighted by Gasteiger charge is 2.09. The van der Waals surface area contributed by atoms with E-state index in [9.17, 15) is 4.79 Å². The molecular formula is C23H22N4OS. The van der Waals surface area contributed by atoms with Crippen LogP contribution in [0.5, 0.6) is 0 Å². The van der Waals surface area contributed by atoms with Gasteiger partial charge in [0.05, 0.1) is 12.2 Å². The Morgan fingerprint density at radius 3 is 2.79 bits per heavy atom. The summed E-state index contributed by atoms with van der Waals surface area (Å²) in [6.07, 6.45) is 7.66. The average molecular weight is 403 g/mol. The van der Waals surface area contributed by atoms with E-state index in [1.807, 2.05) is 67.5 Å². The summed E-state index contributed by atoms with van der Waals surface area (Å²) in [7, 11) is 1.98.